The quantitative estimate of drug-likeness (QED) is 0.798. The molecular formula is C11H14F2O3. The maximum Gasteiger partial charge on any atom is 0.270 e. The fraction of sp³-hybridized carbons (Fsp3) is 0.455. The molecule has 0 N–H and O–H groups in total. The average Bonchev–Trinajstić information content (AvgIpc) is 2.25. The predicted molar refractivity (Wildman–Crippen MR) is 55.7 cm³/mol. The van der Waals surface area contributed by atoms with Crippen LogP contribution in [0.3, 0.4) is 0 Å². The lowest BCUT2D eigenvalue weighted by Gasteiger charge is -2.17. The van der Waals surface area contributed by atoms with Gasteiger partial charge in [-0.3, -0.25) is 0 Å². The molecule has 0 fully saturated rings. The summed E-state index contributed by atoms with van der Waals surface area (Å²) in [4.78, 5) is 0. The molecule has 0 heterocycles. The van der Waals surface area contributed by atoms with Crippen molar-refractivity contribution in [2.24, 2.45) is 0 Å². The summed E-state index contributed by atoms with van der Waals surface area (Å²) in [5.74, 6) is -2.21. The van der Waals surface area contributed by atoms with Gasteiger partial charge in [-0.25, -0.2) is 8.78 Å². The van der Waals surface area contributed by atoms with E-state index in [1.54, 1.807) is 0 Å². The monoisotopic (exact) mass is 232 g/mol. The zero-order valence-corrected chi connectivity index (χ0v) is 9.64. The van der Waals surface area contributed by atoms with Crippen LogP contribution in [0.4, 0.5) is 8.78 Å². The van der Waals surface area contributed by atoms with E-state index in [0.717, 1.165) is 6.92 Å². The Labute approximate surface area is 92.9 Å². The van der Waals surface area contributed by atoms with Crippen LogP contribution in [0.2, 0.25) is 0 Å². The zero-order valence-electron chi connectivity index (χ0n) is 9.64. The molecule has 1 rings (SSSR count). The molecule has 0 amide bonds. The molecule has 0 saturated carbocycles. The highest BCUT2D eigenvalue weighted by atomic mass is 19.3. The number of ether oxygens (including phenoxy) is 3. The summed E-state index contributed by atoms with van der Waals surface area (Å²) < 4.78 is 41.3. The highest BCUT2D eigenvalue weighted by Crippen LogP contribution is 2.42. The largest absolute Gasteiger partial charge is 0.493 e. The molecule has 5 heteroatoms. The lowest BCUT2D eigenvalue weighted by atomic mass is 10.1. The van der Waals surface area contributed by atoms with Gasteiger partial charge in [-0.15, -0.1) is 0 Å². The molecule has 1 aromatic rings. The lowest BCUT2D eigenvalue weighted by molar-refractivity contribution is 0.0169. The number of methoxy groups -OCH3 is 3. The normalized spacial score (nSPS) is 11.1. The molecule has 0 aliphatic heterocycles. The van der Waals surface area contributed by atoms with Gasteiger partial charge < -0.3 is 14.2 Å². The van der Waals surface area contributed by atoms with Crippen LogP contribution < -0.4 is 14.2 Å². The number of hydrogen-bond donors (Lipinski definition) is 0. The van der Waals surface area contributed by atoms with E-state index in [1.807, 2.05) is 0 Å². The minimum Gasteiger partial charge on any atom is -0.493 e. The van der Waals surface area contributed by atoms with E-state index in [4.69, 9.17) is 14.2 Å². The standard InChI is InChI=1S/C11H14F2O3/c1-11(12,13)7-5-8(14-2)10(16-4)9(6-7)15-3/h5-6H,1-4H3. The Morgan fingerprint density at radius 1 is 0.938 bits per heavy atom. The Morgan fingerprint density at radius 2 is 1.38 bits per heavy atom. The van der Waals surface area contributed by atoms with Crippen molar-refractivity contribution >= 4 is 0 Å². The van der Waals surface area contributed by atoms with Gasteiger partial charge in [-0.1, -0.05) is 0 Å². The average molecular weight is 232 g/mol. The number of benzene rings is 1. The topological polar surface area (TPSA) is 27.7 Å². The van der Waals surface area contributed by atoms with Crippen molar-refractivity contribution in [1.29, 1.82) is 0 Å². The van der Waals surface area contributed by atoms with E-state index in [1.165, 1.54) is 33.5 Å². The van der Waals surface area contributed by atoms with Gasteiger partial charge in [0.05, 0.1) is 21.3 Å². The maximum absolute atomic E-state index is 13.2. The van der Waals surface area contributed by atoms with E-state index in [9.17, 15) is 8.78 Å². The summed E-state index contributed by atoms with van der Waals surface area (Å²) in [6, 6.07) is 2.47. The van der Waals surface area contributed by atoms with Crippen LogP contribution in [-0.2, 0) is 5.92 Å². The summed E-state index contributed by atoms with van der Waals surface area (Å²) in [6.07, 6.45) is 0. The van der Waals surface area contributed by atoms with Crippen molar-refractivity contribution in [3.8, 4) is 17.2 Å². The van der Waals surface area contributed by atoms with Crippen molar-refractivity contribution in [3.63, 3.8) is 0 Å². The predicted octanol–water partition coefficient (Wildman–Crippen LogP) is 2.82. The van der Waals surface area contributed by atoms with Crippen LogP contribution in [0.25, 0.3) is 0 Å². The van der Waals surface area contributed by atoms with Crippen molar-refractivity contribution in [3.05, 3.63) is 17.7 Å². The SMILES string of the molecule is COc1cc(C(C)(F)F)cc(OC)c1OC. The number of alkyl halides is 2. The van der Waals surface area contributed by atoms with Gasteiger partial charge in [0.1, 0.15) is 0 Å². The molecular weight excluding hydrogens is 218 g/mol. The first-order valence-electron chi connectivity index (χ1n) is 4.62. The fourth-order valence-corrected chi connectivity index (χ4v) is 1.33. The molecule has 0 radical (unpaired) electrons. The summed E-state index contributed by atoms with van der Waals surface area (Å²) >= 11 is 0. The van der Waals surface area contributed by atoms with E-state index in [2.05, 4.69) is 0 Å². The highest BCUT2D eigenvalue weighted by Gasteiger charge is 2.27. The number of halogens is 2. The van der Waals surface area contributed by atoms with Gasteiger partial charge in [0.15, 0.2) is 11.5 Å². The molecule has 90 valence electrons. The van der Waals surface area contributed by atoms with Crippen LogP contribution in [0.5, 0.6) is 17.2 Å². The second-order valence-corrected chi connectivity index (χ2v) is 3.30. The van der Waals surface area contributed by atoms with Crippen LogP contribution in [-0.4, -0.2) is 21.3 Å². The Kier molecular flexibility index (Phi) is 3.57. The van der Waals surface area contributed by atoms with Gasteiger partial charge in [0.25, 0.3) is 5.92 Å². The Morgan fingerprint density at radius 3 is 1.62 bits per heavy atom. The molecule has 0 atom stereocenters. The fourth-order valence-electron chi connectivity index (χ4n) is 1.33. The van der Waals surface area contributed by atoms with E-state index < -0.39 is 5.92 Å². The van der Waals surface area contributed by atoms with Crippen molar-refractivity contribution in [1.82, 2.24) is 0 Å². The second-order valence-electron chi connectivity index (χ2n) is 3.30. The third-order valence-corrected chi connectivity index (χ3v) is 2.17. The number of rotatable bonds is 4. The second kappa shape index (κ2) is 4.55. The number of hydrogen-bond acceptors (Lipinski definition) is 3. The lowest BCUT2D eigenvalue weighted by Crippen LogP contribution is -2.08. The van der Waals surface area contributed by atoms with Crippen molar-refractivity contribution in [2.75, 3.05) is 21.3 Å². The summed E-state index contributed by atoms with van der Waals surface area (Å²) in [5, 5.41) is 0. The molecule has 3 nitrogen and oxygen atoms in total. The van der Waals surface area contributed by atoms with Gasteiger partial charge in [-0.05, 0) is 12.1 Å². The summed E-state index contributed by atoms with van der Waals surface area (Å²) in [5.41, 5.74) is -0.179. The smallest absolute Gasteiger partial charge is 0.270 e. The molecule has 1 aromatic carbocycles. The van der Waals surface area contributed by atoms with E-state index in [0.29, 0.717) is 5.75 Å². The van der Waals surface area contributed by atoms with Gasteiger partial charge in [-0.2, -0.15) is 0 Å². The van der Waals surface area contributed by atoms with Crippen molar-refractivity contribution in [2.45, 2.75) is 12.8 Å². The van der Waals surface area contributed by atoms with E-state index in [-0.39, 0.29) is 17.1 Å². The minimum atomic E-state index is -2.95. The molecule has 0 aromatic heterocycles. The molecule has 0 spiro atoms. The molecule has 0 unspecified atom stereocenters. The highest BCUT2D eigenvalue weighted by molar-refractivity contribution is 5.54. The van der Waals surface area contributed by atoms with Crippen molar-refractivity contribution < 1.29 is 23.0 Å². The Balaban J connectivity index is 3.37. The van der Waals surface area contributed by atoms with Gasteiger partial charge in [0.2, 0.25) is 5.75 Å². The zero-order chi connectivity index (χ0) is 12.3. The third-order valence-electron chi connectivity index (χ3n) is 2.17. The minimum absolute atomic E-state index is 0.179. The third kappa shape index (κ3) is 2.35. The molecule has 16 heavy (non-hydrogen) atoms. The van der Waals surface area contributed by atoms with Gasteiger partial charge >= 0.3 is 0 Å². The molecule has 0 bridgehead atoms. The molecule has 0 saturated heterocycles. The summed E-state index contributed by atoms with van der Waals surface area (Å²) in [7, 11) is 4.19. The van der Waals surface area contributed by atoms with Gasteiger partial charge in [0, 0.05) is 12.5 Å². The van der Waals surface area contributed by atoms with Crippen LogP contribution in [0.1, 0.15) is 12.5 Å². The first-order valence-corrected chi connectivity index (χ1v) is 4.62. The van der Waals surface area contributed by atoms with Crippen LogP contribution in [0.15, 0.2) is 12.1 Å². The maximum atomic E-state index is 13.2. The van der Waals surface area contributed by atoms with Crippen LogP contribution >= 0.6 is 0 Å². The Hall–Kier alpha value is -1.52. The van der Waals surface area contributed by atoms with Crippen LogP contribution in [0, 0.1) is 0 Å². The first-order chi connectivity index (χ1) is 7.43. The van der Waals surface area contributed by atoms with E-state index >= 15 is 0 Å². The summed E-state index contributed by atoms with van der Waals surface area (Å²) in [6.45, 7) is 0.813. The Bertz CT molecular complexity index is 347. The molecule has 0 aliphatic rings. The first kappa shape index (κ1) is 12.5. The molecule has 0 aliphatic carbocycles.